The smallest absolute Gasteiger partial charge is 0.261 e. The van der Waals surface area contributed by atoms with Crippen LogP contribution in [0.3, 0.4) is 0 Å². The van der Waals surface area contributed by atoms with Crippen LogP contribution in [0.2, 0.25) is 5.02 Å². The zero-order valence-corrected chi connectivity index (χ0v) is 18.4. The molecule has 2 aromatic heterocycles. The van der Waals surface area contributed by atoms with Crippen LogP contribution in [0.5, 0.6) is 0 Å². The Labute approximate surface area is 190 Å². The monoisotopic (exact) mass is 467 g/mol. The minimum atomic E-state index is -3.92. The van der Waals surface area contributed by atoms with Gasteiger partial charge in [0.2, 0.25) is 0 Å². The predicted molar refractivity (Wildman–Crippen MR) is 123 cm³/mol. The van der Waals surface area contributed by atoms with Gasteiger partial charge >= 0.3 is 0 Å². The van der Waals surface area contributed by atoms with Crippen molar-refractivity contribution in [2.45, 2.75) is 11.8 Å². The van der Waals surface area contributed by atoms with Gasteiger partial charge in [-0.3, -0.25) is 14.1 Å². The van der Waals surface area contributed by atoms with Crippen LogP contribution in [0.4, 0.5) is 11.4 Å². The normalized spacial score (nSPS) is 11.2. The second-order valence-electron chi connectivity index (χ2n) is 6.95. The Morgan fingerprint density at radius 3 is 2.59 bits per heavy atom. The lowest BCUT2D eigenvalue weighted by Gasteiger charge is -2.12. The molecule has 0 radical (unpaired) electrons. The number of carbonyl (C=O) groups excluding carboxylic acids is 1. The summed E-state index contributed by atoms with van der Waals surface area (Å²) in [6.45, 7) is 1.86. The van der Waals surface area contributed by atoms with E-state index in [0.717, 1.165) is 5.56 Å². The van der Waals surface area contributed by atoms with Gasteiger partial charge in [0.15, 0.2) is 0 Å². The fraction of sp³-hybridized carbons (Fsp3) is 0.0455. The molecule has 0 unspecified atom stereocenters. The molecule has 0 aliphatic rings. The van der Waals surface area contributed by atoms with E-state index in [4.69, 9.17) is 11.6 Å². The molecule has 0 aliphatic heterocycles. The number of amides is 1. The number of nitrogens with zero attached hydrogens (tertiary/aromatic N) is 3. The van der Waals surface area contributed by atoms with E-state index < -0.39 is 15.9 Å². The number of aryl methyl sites for hydroxylation is 1. The molecule has 162 valence electrons. The van der Waals surface area contributed by atoms with Crippen molar-refractivity contribution < 1.29 is 13.2 Å². The Hall–Kier alpha value is -3.69. The predicted octanol–water partition coefficient (Wildman–Crippen LogP) is 4.28. The molecule has 0 saturated carbocycles. The van der Waals surface area contributed by atoms with Gasteiger partial charge in [0.25, 0.3) is 15.9 Å². The molecular weight excluding hydrogens is 450 g/mol. The van der Waals surface area contributed by atoms with E-state index in [1.807, 2.05) is 13.0 Å². The Balaban J connectivity index is 1.54. The molecule has 0 bridgehead atoms. The van der Waals surface area contributed by atoms with E-state index in [0.29, 0.717) is 17.2 Å². The summed E-state index contributed by atoms with van der Waals surface area (Å²) >= 11 is 6.18. The van der Waals surface area contributed by atoms with Crippen LogP contribution in [0.25, 0.3) is 5.82 Å². The van der Waals surface area contributed by atoms with E-state index in [9.17, 15) is 13.2 Å². The number of carbonyl (C=O) groups is 1. The summed E-state index contributed by atoms with van der Waals surface area (Å²) in [5, 5.41) is 2.81. The fourth-order valence-electron chi connectivity index (χ4n) is 2.97. The van der Waals surface area contributed by atoms with Crippen molar-refractivity contribution in [1.82, 2.24) is 14.5 Å². The Bertz CT molecular complexity index is 1370. The molecule has 0 saturated heterocycles. The van der Waals surface area contributed by atoms with Crippen molar-refractivity contribution in [3.8, 4) is 5.82 Å². The van der Waals surface area contributed by atoms with E-state index in [1.54, 1.807) is 53.6 Å². The minimum Gasteiger partial charge on any atom is -0.321 e. The highest BCUT2D eigenvalue weighted by Gasteiger charge is 2.19. The van der Waals surface area contributed by atoms with Crippen LogP contribution in [0.15, 0.2) is 84.4 Å². The maximum absolute atomic E-state index is 12.8. The van der Waals surface area contributed by atoms with Gasteiger partial charge in [-0.25, -0.2) is 18.4 Å². The number of anilines is 2. The molecule has 4 rings (SSSR count). The molecule has 0 aliphatic carbocycles. The second kappa shape index (κ2) is 8.81. The van der Waals surface area contributed by atoms with E-state index in [-0.39, 0.29) is 15.5 Å². The quantitative estimate of drug-likeness (QED) is 0.440. The summed E-state index contributed by atoms with van der Waals surface area (Å²) in [5.41, 5.74) is 1.79. The summed E-state index contributed by atoms with van der Waals surface area (Å²) < 4.78 is 29.8. The van der Waals surface area contributed by atoms with Crippen molar-refractivity contribution in [2.75, 3.05) is 10.0 Å². The van der Waals surface area contributed by atoms with Crippen LogP contribution in [-0.4, -0.2) is 28.9 Å². The zero-order chi connectivity index (χ0) is 22.7. The molecule has 1 amide bonds. The number of pyridine rings is 1. The fourth-order valence-corrected chi connectivity index (χ4v) is 4.25. The van der Waals surface area contributed by atoms with Gasteiger partial charge in [0, 0.05) is 18.1 Å². The Morgan fingerprint density at radius 2 is 1.91 bits per heavy atom. The number of hydrogen-bond acceptors (Lipinski definition) is 5. The number of rotatable bonds is 6. The highest BCUT2D eigenvalue weighted by molar-refractivity contribution is 7.92. The van der Waals surface area contributed by atoms with Crippen LogP contribution in [-0.2, 0) is 10.0 Å². The van der Waals surface area contributed by atoms with Crippen LogP contribution in [0.1, 0.15) is 15.9 Å². The summed E-state index contributed by atoms with van der Waals surface area (Å²) in [6.07, 6.45) is 6.48. The van der Waals surface area contributed by atoms with Gasteiger partial charge in [-0.2, -0.15) is 0 Å². The average molecular weight is 468 g/mol. The molecule has 0 spiro atoms. The number of aromatic nitrogens is 3. The average Bonchev–Trinajstić information content (AvgIpc) is 3.29. The number of imidazole rings is 1. The first-order valence-electron chi connectivity index (χ1n) is 9.46. The van der Waals surface area contributed by atoms with Gasteiger partial charge in [-0.15, -0.1) is 0 Å². The minimum absolute atomic E-state index is 0.0254. The van der Waals surface area contributed by atoms with E-state index in [2.05, 4.69) is 20.0 Å². The largest absolute Gasteiger partial charge is 0.321 e. The third kappa shape index (κ3) is 4.79. The van der Waals surface area contributed by atoms with Crippen LogP contribution < -0.4 is 10.0 Å². The molecule has 2 heterocycles. The molecular formula is C22H18ClN5O3S. The third-order valence-corrected chi connectivity index (χ3v) is 6.25. The molecule has 0 fully saturated rings. The lowest BCUT2D eigenvalue weighted by Crippen LogP contribution is -2.16. The van der Waals surface area contributed by atoms with Crippen LogP contribution >= 0.6 is 11.6 Å². The molecule has 4 aromatic rings. The van der Waals surface area contributed by atoms with Gasteiger partial charge in [0.1, 0.15) is 12.1 Å². The molecule has 2 aromatic carbocycles. The first-order valence-corrected chi connectivity index (χ1v) is 11.3. The summed E-state index contributed by atoms with van der Waals surface area (Å²) in [4.78, 5) is 20.9. The van der Waals surface area contributed by atoms with Crippen molar-refractivity contribution in [1.29, 1.82) is 0 Å². The standard InChI is InChI=1S/C22H18ClN5O3S/c1-15-3-2-4-16(11-15)27-32(30,31)18-6-7-20(23)19(12-18)22(29)26-17-5-8-21(25-13-17)28-10-9-24-14-28/h2-14,27H,1H3,(H,26,29). The zero-order valence-electron chi connectivity index (χ0n) is 16.9. The molecule has 8 nitrogen and oxygen atoms in total. The topological polar surface area (TPSA) is 106 Å². The third-order valence-electron chi connectivity index (χ3n) is 4.54. The maximum Gasteiger partial charge on any atom is 0.261 e. The molecule has 32 heavy (non-hydrogen) atoms. The van der Waals surface area contributed by atoms with E-state index >= 15 is 0 Å². The highest BCUT2D eigenvalue weighted by Crippen LogP contribution is 2.24. The number of benzene rings is 2. The van der Waals surface area contributed by atoms with Gasteiger partial charge < -0.3 is 5.32 Å². The Kier molecular flexibility index (Phi) is 5.93. The summed E-state index contributed by atoms with van der Waals surface area (Å²) in [6, 6.07) is 14.3. The van der Waals surface area contributed by atoms with Crippen molar-refractivity contribution in [2.24, 2.45) is 0 Å². The summed E-state index contributed by atoms with van der Waals surface area (Å²) in [5.74, 6) is 0.0774. The number of nitrogens with one attached hydrogen (secondary N) is 2. The maximum atomic E-state index is 12.8. The van der Waals surface area contributed by atoms with Gasteiger partial charge in [-0.1, -0.05) is 23.7 Å². The molecule has 2 N–H and O–H groups in total. The molecule has 10 heteroatoms. The van der Waals surface area contributed by atoms with Crippen molar-refractivity contribution >= 4 is 38.9 Å². The van der Waals surface area contributed by atoms with Crippen LogP contribution in [0, 0.1) is 6.92 Å². The van der Waals surface area contributed by atoms with Crippen molar-refractivity contribution in [3.05, 3.63) is 95.7 Å². The SMILES string of the molecule is Cc1cccc(NS(=O)(=O)c2ccc(Cl)c(C(=O)Nc3ccc(-n4ccnc4)nc3)c2)c1. The summed E-state index contributed by atoms with van der Waals surface area (Å²) in [7, 11) is -3.92. The van der Waals surface area contributed by atoms with E-state index in [1.165, 1.54) is 24.4 Å². The number of hydrogen-bond donors (Lipinski definition) is 2. The second-order valence-corrected chi connectivity index (χ2v) is 9.04. The Morgan fingerprint density at radius 1 is 1.06 bits per heavy atom. The lowest BCUT2D eigenvalue weighted by molar-refractivity contribution is 0.102. The number of halogens is 1. The molecule has 0 atom stereocenters. The van der Waals surface area contributed by atoms with Crippen molar-refractivity contribution in [3.63, 3.8) is 0 Å². The van der Waals surface area contributed by atoms with Gasteiger partial charge in [-0.05, 0) is 55.0 Å². The first kappa shape index (κ1) is 21.5. The first-order chi connectivity index (χ1) is 15.3. The van der Waals surface area contributed by atoms with Gasteiger partial charge in [0.05, 0.1) is 27.4 Å². The highest BCUT2D eigenvalue weighted by atomic mass is 35.5. The lowest BCUT2D eigenvalue weighted by atomic mass is 10.2. The number of sulfonamides is 1.